The van der Waals surface area contributed by atoms with Crippen LogP contribution in [0.3, 0.4) is 0 Å². The Kier molecular flexibility index (Phi) is 4.53. The number of aliphatic imine (C=N–C) groups is 1. The van der Waals surface area contributed by atoms with Gasteiger partial charge in [0.15, 0.2) is 5.17 Å². The molecule has 3 rings (SSSR count). The van der Waals surface area contributed by atoms with Crippen molar-refractivity contribution in [3.8, 4) is 5.75 Å². The van der Waals surface area contributed by atoms with Crippen molar-refractivity contribution >= 4 is 40.3 Å². The second-order valence-corrected chi connectivity index (χ2v) is 6.32. The van der Waals surface area contributed by atoms with Crippen molar-refractivity contribution in [2.45, 2.75) is 6.92 Å². The van der Waals surface area contributed by atoms with Crippen molar-refractivity contribution in [2.75, 3.05) is 0 Å². The molecule has 1 aliphatic heterocycles. The molecule has 1 saturated heterocycles. The predicted molar refractivity (Wildman–Crippen MR) is 96.7 cm³/mol. The molecule has 0 unspecified atom stereocenters. The van der Waals surface area contributed by atoms with Gasteiger partial charge in [-0.2, -0.15) is 0 Å². The largest absolute Gasteiger partial charge is 0.502 e. The maximum Gasteiger partial charge on any atom is 0.311 e. The first kappa shape index (κ1) is 16.7. The molecule has 1 aliphatic rings. The Morgan fingerprint density at radius 3 is 2.64 bits per heavy atom. The molecular weight excluding hydrogens is 342 g/mol. The highest BCUT2D eigenvalue weighted by Crippen LogP contribution is 2.34. The summed E-state index contributed by atoms with van der Waals surface area (Å²) in [5, 5.41) is 23.9. The van der Waals surface area contributed by atoms with Crippen LogP contribution in [-0.2, 0) is 4.79 Å². The number of phenols is 1. The van der Waals surface area contributed by atoms with Gasteiger partial charge in [-0.25, -0.2) is 4.99 Å². The standard InChI is InChI=1S/C17H13N3O4S/c1-10-5-7-12(8-6-10)18-17-19-16(22)14(25-17)9-11-3-2-4-13(15(11)21)20(23)24/h2-9,21H,1H3,(H,18,19,22)/b14-9+. The SMILES string of the molecule is Cc1ccc(N=C2NC(=O)/C(=C\c3cccc([N+](=O)[O-])c3O)S2)cc1. The molecule has 0 saturated carbocycles. The third-order valence-corrected chi connectivity index (χ3v) is 4.35. The highest BCUT2D eigenvalue weighted by Gasteiger charge is 2.25. The number of aromatic hydroxyl groups is 1. The number of aryl methyl sites for hydroxylation is 1. The van der Waals surface area contributed by atoms with Gasteiger partial charge in [0.05, 0.1) is 15.5 Å². The maximum atomic E-state index is 12.1. The van der Waals surface area contributed by atoms with E-state index in [-0.39, 0.29) is 11.5 Å². The van der Waals surface area contributed by atoms with Gasteiger partial charge in [0.2, 0.25) is 5.75 Å². The van der Waals surface area contributed by atoms with Gasteiger partial charge in [-0.05, 0) is 36.9 Å². The summed E-state index contributed by atoms with van der Waals surface area (Å²) >= 11 is 1.11. The van der Waals surface area contributed by atoms with Gasteiger partial charge in [0.25, 0.3) is 5.91 Å². The van der Waals surface area contributed by atoms with Crippen molar-refractivity contribution in [3.63, 3.8) is 0 Å². The minimum atomic E-state index is -0.677. The number of benzene rings is 2. The Labute approximate surface area is 147 Å². The lowest BCUT2D eigenvalue weighted by Gasteiger charge is -2.00. The van der Waals surface area contributed by atoms with E-state index in [2.05, 4.69) is 10.3 Å². The number of carbonyl (C=O) groups excluding carboxylic acids is 1. The lowest BCUT2D eigenvalue weighted by Crippen LogP contribution is -2.19. The van der Waals surface area contributed by atoms with Crippen LogP contribution in [0.4, 0.5) is 11.4 Å². The number of para-hydroxylation sites is 1. The Bertz CT molecular complexity index is 920. The lowest BCUT2D eigenvalue weighted by atomic mass is 10.1. The second kappa shape index (κ2) is 6.78. The molecule has 1 fully saturated rings. The molecule has 2 aromatic rings. The molecule has 0 aromatic heterocycles. The summed E-state index contributed by atoms with van der Waals surface area (Å²) in [6.45, 7) is 1.97. The van der Waals surface area contributed by atoms with Crippen LogP contribution in [-0.4, -0.2) is 21.1 Å². The topological polar surface area (TPSA) is 105 Å². The number of amides is 1. The van der Waals surface area contributed by atoms with E-state index >= 15 is 0 Å². The van der Waals surface area contributed by atoms with Crippen LogP contribution in [0.2, 0.25) is 0 Å². The zero-order chi connectivity index (χ0) is 18.0. The van der Waals surface area contributed by atoms with E-state index in [4.69, 9.17) is 0 Å². The third kappa shape index (κ3) is 3.69. The summed E-state index contributed by atoms with van der Waals surface area (Å²) in [5.41, 5.74) is 1.59. The highest BCUT2D eigenvalue weighted by atomic mass is 32.2. The van der Waals surface area contributed by atoms with Crippen LogP contribution >= 0.6 is 11.8 Å². The summed E-state index contributed by atoms with van der Waals surface area (Å²) in [5.74, 6) is -0.848. The molecule has 2 N–H and O–H groups in total. The first-order valence-electron chi connectivity index (χ1n) is 7.26. The number of carbonyl (C=O) groups is 1. The molecule has 126 valence electrons. The Morgan fingerprint density at radius 2 is 1.96 bits per heavy atom. The van der Waals surface area contributed by atoms with E-state index in [9.17, 15) is 20.0 Å². The van der Waals surface area contributed by atoms with Gasteiger partial charge in [-0.1, -0.05) is 29.8 Å². The number of amidine groups is 1. The monoisotopic (exact) mass is 355 g/mol. The van der Waals surface area contributed by atoms with Crippen molar-refractivity contribution in [2.24, 2.45) is 4.99 Å². The zero-order valence-electron chi connectivity index (χ0n) is 13.1. The van der Waals surface area contributed by atoms with Crippen LogP contribution in [0, 0.1) is 17.0 Å². The third-order valence-electron chi connectivity index (χ3n) is 3.44. The van der Waals surface area contributed by atoms with Crippen LogP contribution in [0.1, 0.15) is 11.1 Å². The number of nitro benzene ring substituents is 1. The number of nitrogens with zero attached hydrogens (tertiary/aromatic N) is 2. The summed E-state index contributed by atoms with van der Waals surface area (Å²) < 4.78 is 0. The average Bonchev–Trinajstić information content (AvgIpc) is 2.91. The van der Waals surface area contributed by atoms with E-state index in [1.807, 2.05) is 31.2 Å². The van der Waals surface area contributed by atoms with Crippen molar-refractivity contribution in [1.29, 1.82) is 0 Å². The summed E-state index contributed by atoms with van der Waals surface area (Å²) in [6, 6.07) is 11.6. The molecular formula is C17H13N3O4S. The normalized spacial score (nSPS) is 17.1. The van der Waals surface area contributed by atoms with E-state index < -0.39 is 16.4 Å². The van der Waals surface area contributed by atoms with E-state index in [0.717, 1.165) is 17.3 Å². The predicted octanol–water partition coefficient (Wildman–Crippen LogP) is 3.50. The van der Waals surface area contributed by atoms with Crippen LogP contribution in [0.5, 0.6) is 5.75 Å². The number of phenolic OH excluding ortho intramolecular Hbond substituents is 1. The molecule has 0 spiro atoms. The molecule has 1 heterocycles. The molecule has 8 heteroatoms. The molecule has 0 radical (unpaired) electrons. The minimum Gasteiger partial charge on any atom is -0.502 e. The molecule has 0 bridgehead atoms. The average molecular weight is 355 g/mol. The number of hydrogen-bond acceptors (Lipinski definition) is 6. The van der Waals surface area contributed by atoms with Gasteiger partial charge in [0, 0.05) is 11.6 Å². The molecule has 0 atom stereocenters. The van der Waals surface area contributed by atoms with Crippen molar-refractivity contribution in [3.05, 3.63) is 68.6 Å². The highest BCUT2D eigenvalue weighted by molar-refractivity contribution is 8.18. The molecule has 2 aromatic carbocycles. The summed E-state index contributed by atoms with van der Waals surface area (Å²) in [4.78, 5) is 26.9. The lowest BCUT2D eigenvalue weighted by molar-refractivity contribution is -0.385. The zero-order valence-corrected chi connectivity index (χ0v) is 13.9. The molecule has 7 nitrogen and oxygen atoms in total. The number of nitro groups is 1. The van der Waals surface area contributed by atoms with Gasteiger partial charge in [-0.3, -0.25) is 14.9 Å². The number of hydrogen-bond donors (Lipinski definition) is 2. The number of thioether (sulfide) groups is 1. The summed E-state index contributed by atoms with van der Waals surface area (Å²) in [6.07, 6.45) is 1.40. The fourth-order valence-electron chi connectivity index (χ4n) is 2.17. The fourth-order valence-corrected chi connectivity index (χ4v) is 3.00. The maximum absolute atomic E-state index is 12.1. The van der Waals surface area contributed by atoms with Gasteiger partial charge in [-0.15, -0.1) is 0 Å². The second-order valence-electron chi connectivity index (χ2n) is 5.29. The van der Waals surface area contributed by atoms with E-state index in [1.165, 1.54) is 24.3 Å². The first-order valence-corrected chi connectivity index (χ1v) is 8.08. The fraction of sp³-hybridized carbons (Fsp3) is 0.0588. The van der Waals surface area contributed by atoms with Gasteiger partial charge < -0.3 is 10.4 Å². The summed E-state index contributed by atoms with van der Waals surface area (Å²) in [7, 11) is 0. The molecule has 1 amide bonds. The smallest absolute Gasteiger partial charge is 0.311 e. The van der Waals surface area contributed by atoms with Crippen LogP contribution in [0.25, 0.3) is 6.08 Å². The van der Waals surface area contributed by atoms with E-state index in [1.54, 1.807) is 0 Å². The minimum absolute atomic E-state index is 0.198. The quantitative estimate of drug-likeness (QED) is 0.498. The Hall–Kier alpha value is -3.13. The van der Waals surface area contributed by atoms with Gasteiger partial charge >= 0.3 is 5.69 Å². The molecule has 0 aliphatic carbocycles. The van der Waals surface area contributed by atoms with Gasteiger partial charge in [0.1, 0.15) is 0 Å². The van der Waals surface area contributed by atoms with Crippen molar-refractivity contribution in [1.82, 2.24) is 5.32 Å². The van der Waals surface area contributed by atoms with E-state index in [0.29, 0.717) is 15.8 Å². The number of rotatable bonds is 3. The van der Waals surface area contributed by atoms with Crippen LogP contribution < -0.4 is 5.32 Å². The molecule has 25 heavy (non-hydrogen) atoms. The van der Waals surface area contributed by atoms with Crippen LogP contribution in [0.15, 0.2) is 52.4 Å². The Balaban J connectivity index is 1.88. The van der Waals surface area contributed by atoms with Crippen molar-refractivity contribution < 1.29 is 14.8 Å². The Morgan fingerprint density at radius 1 is 1.24 bits per heavy atom. The first-order chi connectivity index (χ1) is 11.9. The number of nitrogens with one attached hydrogen (secondary N) is 1.